The number of carbonyl (C=O) groups excluding carboxylic acids is 2. The predicted octanol–water partition coefficient (Wildman–Crippen LogP) is 5.33. The molecule has 0 aromatic carbocycles. The van der Waals surface area contributed by atoms with Crippen molar-refractivity contribution in [3.05, 3.63) is 91.1 Å². The molecule has 162 valence electrons. The third-order valence-corrected chi connectivity index (χ3v) is 1.47. The van der Waals surface area contributed by atoms with Crippen LogP contribution in [0.1, 0.15) is 19.8 Å². The second kappa shape index (κ2) is 56.6. The summed E-state index contributed by atoms with van der Waals surface area (Å²) in [5, 5.41) is 8.28. The molecule has 0 radical (unpaired) electrons. The lowest BCUT2D eigenvalue weighted by molar-refractivity contribution is -0.151. The van der Waals surface area contributed by atoms with Crippen molar-refractivity contribution in [1.29, 1.82) is 0 Å². The van der Waals surface area contributed by atoms with Gasteiger partial charge in [-0.1, -0.05) is 6.58 Å². The van der Waals surface area contributed by atoms with E-state index >= 15 is 0 Å². The number of rotatable bonds is 7. The van der Waals surface area contributed by atoms with Gasteiger partial charge in [-0.25, -0.2) is 4.79 Å². The first-order valence-electron chi connectivity index (χ1n) is 7.63. The molecule has 6 nitrogen and oxygen atoms in total. The molecule has 0 atom stereocenters. The summed E-state index contributed by atoms with van der Waals surface area (Å²) in [5.74, 6) is -2.25. The maximum atomic E-state index is 10.9. The zero-order valence-corrected chi connectivity index (χ0v) is 17.5. The van der Waals surface area contributed by atoms with Crippen molar-refractivity contribution in [2.45, 2.75) is 19.8 Å². The third-order valence-electron chi connectivity index (χ3n) is 1.47. The van der Waals surface area contributed by atoms with Gasteiger partial charge in [0.1, 0.15) is 13.2 Å². The van der Waals surface area contributed by atoms with Gasteiger partial charge in [0.15, 0.2) is 0 Å². The largest absolute Gasteiger partial charge is 0.481 e. The molecule has 0 aromatic heterocycles. The van der Waals surface area contributed by atoms with Gasteiger partial charge in [-0.05, 0) is 6.92 Å². The molecule has 0 bridgehead atoms. The fraction of sp³-hybridized carbons (Fsp3) is 0.227. The molecule has 0 rings (SSSR count). The molecule has 0 heterocycles. The Bertz CT molecular complexity index is 362. The molecule has 6 heteroatoms. The number of ether oxygens (including phenoxy) is 2. The van der Waals surface area contributed by atoms with E-state index in [9.17, 15) is 14.4 Å². The zero-order valence-electron chi connectivity index (χ0n) is 17.5. The Morgan fingerprint density at radius 1 is 0.679 bits per heavy atom. The molecule has 0 unspecified atom stereocenters. The fourth-order valence-electron chi connectivity index (χ4n) is 0.694. The van der Waals surface area contributed by atoms with E-state index in [2.05, 4.69) is 95.0 Å². The van der Waals surface area contributed by atoms with Crippen molar-refractivity contribution in [3.63, 3.8) is 0 Å². The van der Waals surface area contributed by atoms with Gasteiger partial charge in [-0.2, -0.15) is 0 Å². The Morgan fingerprint density at radius 3 is 1.29 bits per heavy atom. The Kier molecular flexibility index (Phi) is 89.3. The topological polar surface area (TPSA) is 89.9 Å². The van der Waals surface area contributed by atoms with E-state index < -0.39 is 17.9 Å². The minimum Gasteiger partial charge on any atom is -0.481 e. The minimum atomic E-state index is -1.06. The zero-order chi connectivity index (χ0) is 24.6. The van der Waals surface area contributed by atoms with Crippen LogP contribution in [0.25, 0.3) is 0 Å². The van der Waals surface area contributed by atoms with Crippen LogP contribution in [0.5, 0.6) is 0 Å². The van der Waals surface area contributed by atoms with Gasteiger partial charge in [0, 0.05) is 5.57 Å². The van der Waals surface area contributed by atoms with Gasteiger partial charge < -0.3 is 14.6 Å². The molecule has 0 spiro atoms. The van der Waals surface area contributed by atoms with Gasteiger partial charge in [0.2, 0.25) is 0 Å². The average Bonchev–Trinajstić information content (AvgIpc) is 2.78. The second-order valence-electron chi connectivity index (χ2n) is 3.03. The van der Waals surface area contributed by atoms with E-state index in [1.165, 1.54) is 6.92 Å². The third kappa shape index (κ3) is 66.4. The number of carboxylic acid groups (broad SMARTS) is 1. The molecular weight excluding hydrogens is 360 g/mol. The average molecular weight is 399 g/mol. The normalized spacial score (nSPS) is 6.18. The first-order chi connectivity index (χ1) is 13.4. The summed E-state index contributed by atoms with van der Waals surface area (Å²) in [6.07, 6.45) is -0.464. The summed E-state index contributed by atoms with van der Waals surface area (Å²) in [4.78, 5) is 31.9. The molecule has 1 N–H and O–H groups in total. The van der Waals surface area contributed by atoms with Crippen LogP contribution >= 0.6 is 0 Å². The van der Waals surface area contributed by atoms with Crippen molar-refractivity contribution in [1.82, 2.24) is 0 Å². The fourth-order valence-corrected chi connectivity index (χ4v) is 0.694. The van der Waals surface area contributed by atoms with Crippen molar-refractivity contribution in [2.75, 3.05) is 13.2 Å². The molecule has 0 saturated heterocycles. The van der Waals surface area contributed by atoms with E-state index in [0.29, 0.717) is 0 Å². The smallest absolute Gasteiger partial charge is 0.333 e. The van der Waals surface area contributed by atoms with Gasteiger partial charge in [-0.3, -0.25) is 9.59 Å². The van der Waals surface area contributed by atoms with Gasteiger partial charge in [0.05, 0.1) is 12.8 Å². The summed E-state index contributed by atoms with van der Waals surface area (Å²) in [7, 11) is 0. The maximum Gasteiger partial charge on any atom is 0.333 e. The first kappa shape index (κ1) is 44.2. The van der Waals surface area contributed by atoms with Crippen LogP contribution in [0, 0.1) is 0 Å². The van der Waals surface area contributed by atoms with Crippen LogP contribution in [-0.4, -0.2) is 36.2 Å². The standard InChI is InChI=1S/C10H14O6.6C2H4/c1-7(2)10(14)16-6-5-15-9(13)4-3-8(11)12;6*1-2/h1,3-6H2,2H3,(H,11,12);6*1-2H2. The molecule has 0 amide bonds. The second-order valence-corrected chi connectivity index (χ2v) is 3.03. The van der Waals surface area contributed by atoms with Gasteiger partial charge in [-0.15, -0.1) is 78.9 Å². The molecule has 0 aliphatic carbocycles. The van der Waals surface area contributed by atoms with E-state index in [4.69, 9.17) is 5.11 Å². The number of aliphatic carboxylic acids is 1. The maximum absolute atomic E-state index is 10.9. The Labute approximate surface area is 171 Å². The molecule has 0 aromatic rings. The summed E-state index contributed by atoms with van der Waals surface area (Å²) in [6, 6.07) is 0. The molecule has 0 aliphatic rings. The van der Waals surface area contributed by atoms with Crippen molar-refractivity contribution in [3.8, 4) is 0 Å². The minimum absolute atomic E-state index is 0.0650. The summed E-state index contributed by atoms with van der Waals surface area (Å²) in [6.45, 7) is 40.7. The van der Waals surface area contributed by atoms with Crippen LogP contribution < -0.4 is 0 Å². The van der Waals surface area contributed by atoms with Crippen LogP contribution in [0.15, 0.2) is 91.1 Å². The lowest BCUT2D eigenvalue weighted by atomic mass is 10.3. The van der Waals surface area contributed by atoms with E-state index in [1.54, 1.807) is 0 Å². The SMILES string of the molecule is C=C.C=C.C=C.C=C.C=C.C=C.C=C(C)C(=O)OCCOC(=O)CCC(=O)O. The monoisotopic (exact) mass is 398 g/mol. The summed E-state index contributed by atoms with van der Waals surface area (Å²) in [5.41, 5.74) is 0.261. The Morgan fingerprint density at radius 2 is 1.00 bits per heavy atom. The highest BCUT2D eigenvalue weighted by atomic mass is 16.6. The highest BCUT2D eigenvalue weighted by Crippen LogP contribution is 1.95. The van der Waals surface area contributed by atoms with E-state index in [-0.39, 0.29) is 31.6 Å². The summed E-state index contributed by atoms with van der Waals surface area (Å²) >= 11 is 0. The number of hydrogen-bond acceptors (Lipinski definition) is 5. The van der Waals surface area contributed by atoms with E-state index in [0.717, 1.165) is 0 Å². The molecule has 0 fully saturated rings. The van der Waals surface area contributed by atoms with Crippen LogP contribution in [0.2, 0.25) is 0 Å². The number of carboxylic acids is 1. The highest BCUT2D eigenvalue weighted by Gasteiger charge is 2.07. The first-order valence-corrected chi connectivity index (χ1v) is 7.63. The number of hydrogen-bond donors (Lipinski definition) is 1. The molecule has 0 saturated carbocycles. The van der Waals surface area contributed by atoms with Crippen LogP contribution in [0.4, 0.5) is 0 Å². The molecule has 28 heavy (non-hydrogen) atoms. The molecular formula is C22H38O6. The number of esters is 2. The van der Waals surface area contributed by atoms with E-state index in [1.807, 2.05) is 0 Å². The highest BCUT2D eigenvalue weighted by molar-refractivity contribution is 5.86. The van der Waals surface area contributed by atoms with Crippen LogP contribution in [-0.2, 0) is 23.9 Å². The van der Waals surface area contributed by atoms with Gasteiger partial charge in [0.25, 0.3) is 0 Å². The quantitative estimate of drug-likeness (QED) is 0.270. The Balaban J connectivity index is -0.0000000622. The number of carbonyl (C=O) groups is 3. The van der Waals surface area contributed by atoms with Crippen molar-refractivity contribution < 1.29 is 29.0 Å². The van der Waals surface area contributed by atoms with Crippen molar-refractivity contribution in [2.24, 2.45) is 0 Å². The Hall–Kier alpha value is -3.41. The molecule has 0 aliphatic heterocycles. The van der Waals surface area contributed by atoms with Crippen LogP contribution in [0.3, 0.4) is 0 Å². The lowest BCUT2D eigenvalue weighted by Crippen LogP contribution is -2.14. The predicted molar refractivity (Wildman–Crippen MR) is 121 cm³/mol. The summed E-state index contributed by atoms with van der Waals surface area (Å²) < 4.78 is 9.26. The van der Waals surface area contributed by atoms with Crippen molar-refractivity contribution >= 4 is 17.9 Å². The lowest BCUT2D eigenvalue weighted by Gasteiger charge is -2.05. The van der Waals surface area contributed by atoms with Gasteiger partial charge >= 0.3 is 17.9 Å².